The van der Waals surface area contributed by atoms with Crippen LogP contribution in [0.3, 0.4) is 0 Å². The van der Waals surface area contributed by atoms with Crippen molar-refractivity contribution < 1.29 is 23.5 Å². The lowest BCUT2D eigenvalue weighted by Crippen LogP contribution is -2.38. The minimum atomic E-state index is -1.000. The van der Waals surface area contributed by atoms with Crippen LogP contribution in [-0.2, 0) is 11.3 Å². The van der Waals surface area contributed by atoms with Gasteiger partial charge >= 0.3 is 12.0 Å². The van der Waals surface area contributed by atoms with Gasteiger partial charge in [-0.25, -0.2) is 13.6 Å². The number of rotatable bonds is 5. The Hall–Kier alpha value is -2.18. The summed E-state index contributed by atoms with van der Waals surface area (Å²) < 4.78 is 25.6. The number of carbonyl (C=O) groups excluding carboxylic acids is 1. The molecular weight excluding hydrogens is 258 g/mol. The van der Waals surface area contributed by atoms with Gasteiger partial charge in [0, 0.05) is 20.1 Å². The summed E-state index contributed by atoms with van der Waals surface area (Å²) in [6.07, 6.45) is -0.158. The Bertz CT molecular complexity index is 480. The Morgan fingerprint density at radius 1 is 1.32 bits per heavy atom. The van der Waals surface area contributed by atoms with Gasteiger partial charge in [-0.15, -0.1) is 0 Å². The molecule has 7 heteroatoms. The molecular formula is C12H14F2N2O3. The van der Waals surface area contributed by atoms with Crippen LogP contribution in [0.4, 0.5) is 13.6 Å². The highest BCUT2D eigenvalue weighted by atomic mass is 19.2. The first-order valence-electron chi connectivity index (χ1n) is 5.55. The molecule has 0 saturated carbocycles. The molecule has 0 radical (unpaired) electrons. The van der Waals surface area contributed by atoms with Gasteiger partial charge in [-0.3, -0.25) is 4.79 Å². The molecule has 0 aliphatic rings. The number of amides is 2. The van der Waals surface area contributed by atoms with E-state index in [1.165, 1.54) is 18.0 Å². The smallest absolute Gasteiger partial charge is 0.317 e. The summed E-state index contributed by atoms with van der Waals surface area (Å²) in [6, 6.07) is 2.85. The average molecular weight is 272 g/mol. The molecule has 0 atom stereocenters. The maximum Gasteiger partial charge on any atom is 0.317 e. The molecule has 0 heterocycles. The van der Waals surface area contributed by atoms with Crippen molar-refractivity contribution in [1.82, 2.24) is 10.2 Å². The summed E-state index contributed by atoms with van der Waals surface area (Å²) in [5.41, 5.74) is 0.416. The molecule has 2 N–H and O–H groups in total. The lowest BCUT2D eigenvalue weighted by molar-refractivity contribution is -0.137. The predicted octanol–water partition coefficient (Wildman–Crippen LogP) is 1.58. The third-order valence-electron chi connectivity index (χ3n) is 2.44. The second-order valence-electron chi connectivity index (χ2n) is 3.97. The van der Waals surface area contributed by atoms with Crippen molar-refractivity contribution in [3.63, 3.8) is 0 Å². The van der Waals surface area contributed by atoms with E-state index in [4.69, 9.17) is 5.11 Å². The number of urea groups is 1. The maximum atomic E-state index is 12.9. The number of aliphatic carboxylic acids is 1. The number of nitrogens with zero attached hydrogens (tertiary/aromatic N) is 1. The second-order valence-corrected chi connectivity index (χ2v) is 3.97. The van der Waals surface area contributed by atoms with E-state index >= 15 is 0 Å². The third kappa shape index (κ3) is 4.90. The highest BCUT2D eigenvalue weighted by molar-refractivity contribution is 5.75. The number of carbonyl (C=O) groups is 2. The van der Waals surface area contributed by atoms with Crippen molar-refractivity contribution in [3.05, 3.63) is 35.4 Å². The summed E-state index contributed by atoms with van der Waals surface area (Å²) in [7, 11) is 1.45. The Balaban J connectivity index is 2.44. The van der Waals surface area contributed by atoms with Gasteiger partial charge in [0.2, 0.25) is 0 Å². The van der Waals surface area contributed by atoms with E-state index in [-0.39, 0.29) is 19.5 Å². The summed E-state index contributed by atoms with van der Waals surface area (Å²) in [5.74, 6) is -2.93. The standard InChI is InChI=1S/C12H14F2N2O3/c1-16(5-4-11(17)18)12(19)15-7-8-2-3-9(13)10(14)6-8/h2-3,6H,4-5,7H2,1H3,(H,15,19)(H,17,18). The van der Waals surface area contributed by atoms with Gasteiger partial charge in [0.05, 0.1) is 6.42 Å². The second kappa shape index (κ2) is 6.67. The molecule has 0 fully saturated rings. The first-order chi connectivity index (χ1) is 8.90. The van der Waals surface area contributed by atoms with Crippen molar-refractivity contribution in [2.24, 2.45) is 0 Å². The first kappa shape index (κ1) is 14.9. The topological polar surface area (TPSA) is 69.6 Å². The van der Waals surface area contributed by atoms with Gasteiger partial charge in [-0.2, -0.15) is 0 Å². The third-order valence-corrected chi connectivity index (χ3v) is 2.44. The fourth-order valence-corrected chi connectivity index (χ4v) is 1.33. The molecule has 0 aliphatic carbocycles. The molecule has 104 valence electrons. The molecule has 0 aromatic heterocycles. The van der Waals surface area contributed by atoms with Crippen LogP contribution in [0.1, 0.15) is 12.0 Å². The predicted molar refractivity (Wildman–Crippen MR) is 63.5 cm³/mol. The summed E-state index contributed by atoms with van der Waals surface area (Å²) in [6.45, 7) is 0.104. The van der Waals surface area contributed by atoms with E-state index in [0.717, 1.165) is 12.1 Å². The van der Waals surface area contributed by atoms with Crippen LogP contribution in [0.5, 0.6) is 0 Å². The zero-order valence-electron chi connectivity index (χ0n) is 10.3. The van der Waals surface area contributed by atoms with E-state index in [1.54, 1.807) is 0 Å². The van der Waals surface area contributed by atoms with E-state index in [0.29, 0.717) is 5.56 Å². The van der Waals surface area contributed by atoms with Crippen molar-refractivity contribution in [1.29, 1.82) is 0 Å². The molecule has 0 aliphatic heterocycles. The molecule has 5 nitrogen and oxygen atoms in total. The number of halogens is 2. The van der Waals surface area contributed by atoms with Crippen LogP contribution in [0.2, 0.25) is 0 Å². The molecule has 0 spiro atoms. The van der Waals surface area contributed by atoms with Crippen LogP contribution >= 0.6 is 0 Å². The lowest BCUT2D eigenvalue weighted by atomic mass is 10.2. The molecule has 19 heavy (non-hydrogen) atoms. The number of carboxylic acid groups (broad SMARTS) is 1. The Morgan fingerprint density at radius 3 is 2.58 bits per heavy atom. The number of hydrogen-bond acceptors (Lipinski definition) is 2. The average Bonchev–Trinajstić information content (AvgIpc) is 2.36. The van der Waals surface area contributed by atoms with Crippen LogP contribution in [0.25, 0.3) is 0 Å². The van der Waals surface area contributed by atoms with Crippen molar-refractivity contribution in [2.45, 2.75) is 13.0 Å². The van der Waals surface area contributed by atoms with Gasteiger partial charge in [-0.05, 0) is 17.7 Å². The molecule has 0 bridgehead atoms. The first-order valence-corrected chi connectivity index (χ1v) is 5.55. The summed E-state index contributed by atoms with van der Waals surface area (Å²) >= 11 is 0. The summed E-state index contributed by atoms with van der Waals surface area (Å²) in [5, 5.41) is 10.9. The van der Waals surface area contributed by atoms with Crippen molar-refractivity contribution >= 4 is 12.0 Å². The van der Waals surface area contributed by atoms with Crippen molar-refractivity contribution in [2.75, 3.05) is 13.6 Å². The molecule has 1 aromatic carbocycles. The van der Waals surface area contributed by atoms with Gasteiger partial charge in [0.25, 0.3) is 0 Å². The molecule has 1 aromatic rings. The monoisotopic (exact) mass is 272 g/mol. The van der Waals surface area contributed by atoms with E-state index in [2.05, 4.69) is 5.32 Å². The van der Waals surface area contributed by atoms with Crippen molar-refractivity contribution in [3.8, 4) is 0 Å². The lowest BCUT2D eigenvalue weighted by Gasteiger charge is -2.16. The van der Waals surface area contributed by atoms with Crippen LogP contribution in [0.15, 0.2) is 18.2 Å². The minimum absolute atomic E-state index is 0.0352. The quantitative estimate of drug-likeness (QED) is 0.855. The molecule has 0 saturated heterocycles. The number of carboxylic acids is 1. The zero-order valence-corrected chi connectivity index (χ0v) is 10.3. The fraction of sp³-hybridized carbons (Fsp3) is 0.333. The van der Waals surface area contributed by atoms with Gasteiger partial charge in [0.15, 0.2) is 11.6 Å². The largest absolute Gasteiger partial charge is 0.481 e. The minimum Gasteiger partial charge on any atom is -0.481 e. The summed E-state index contributed by atoms with van der Waals surface area (Å²) in [4.78, 5) is 23.1. The van der Waals surface area contributed by atoms with Gasteiger partial charge in [0.1, 0.15) is 0 Å². The normalized spacial score (nSPS) is 10.1. The van der Waals surface area contributed by atoms with E-state index in [9.17, 15) is 18.4 Å². The number of benzene rings is 1. The molecule has 1 rings (SSSR count). The number of nitrogens with one attached hydrogen (secondary N) is 1. The van der Waals surface area contributed by atoms with Gasteiger partial charge in [-0.1, -0.05) is 6.07 Å². The number of hydrogen-bond donors (Lipinski definition) is 2. The van der Waals surface area contributed by atoms with Crippen LogP contribution in [0, 0.1) is 11.6 Å². The zero-order chi connectivity index (χ0) is 14.4. The highest BCUT2D eigenvalue weighted by Crippen LogP contribution is 2.08. The fourth-order valence-electron chi connectivity index (χ4n) is 1.33. The Labute approximate surface area is 108 Å². The van der Waals surface area contributed by atoms with E-state index < -0.39 is 23.6 Å². The van der Waals surface area contributed by atoms with Crippen LogP contribution < -0.4 is 5.32 Å². The SMILES string of the molecule is CN(CCC(=O)O)C(=O)NCc1ccc(F)c(F)c1. The molecule has 2 amide bonds. The Morgan fingerprint density at radius 2 is 2.00 bits per heavy atom. The Kier molecular flexibility index (Phi) is 5.23. The van der Waals surface area contributed by atoms with E-state index in [1.807, 2.05) is 0 Å². The van der Waals surface area contributed by atoms with Gasteiger partial charge < -0.3 is 15.3 Å². The molecule has 0 unspecified atom stereocenters. The maximum absolute atomic E-state index is 12.9. The van der Waals surface area contributed by atoms with Crippen LogP contribution in [-0.4, -0.2) is 35.6 Å². The highest BCUT2D eigenvalue weighted by Gasteiger charge is 2.10.